The van der Waals surface area contributed by atoms with Crippen LogP contribution in [0.3, 0.4) is 0 Å². The Morgan fingerprint density at radius 1 is 1.10 bits per heavy atom. The number of aromatic nitrogens is 1. The molecule has 0 radical (unpaired) electrons. The summed E-state index contributed by atoms with van der Waals surface area (Å²) in [5, 5.41) is 4.31. The first kappa shape index (κ1) is 21.7. The predicted octanol–water partition coefficient (Wildman–Crippen LogP) is 4.69. The molecule has 0 bridgehead atoms. The Kier molecular flexibility index (Phi) is 6.49. The molecule has 164 valence electrons. The molecule has 2 heterocycles. The van der Waals surface area contributed by atoms with Gasteiger partial charge in [-0.3, -0.25) is 9.88 Å². The lowest BCUT2D eigenvalue weighted by Crippen LogP contribution is -2.39. The number of nitrogens with zero attached hydrogens (tertiary/aromatic N) is 2. The summed E-state index contributed by atoms with van der Waals surface area (Å²) in [6, 6.07) is 17.2. The highest BCUT2D eigenvalue weighted by Crippen LogP contribution is 2.34. The maximum atomic E-state index is 11.4. The highest BCUT2D eigenvalue weighted by atomic mass is 35.5. The third kappa shape index (κ3) is 4.70. The van der Waals surface area contributed by atoms with Gasteiger partial charge in [-0.15, -0.1) is 12.4 Å². The average molecular weight is 442 g/mol. The molecule has 0 amide bonds. The number of rotatable bonds is 5. The second-order valence-corrected chi connectivity index (χ2v) is 8.55. The molecule has 2 aliphatic rings. The van der Waals surface area contributed by atoms with Crippen molar-refractivity contribution < 1.29 is 9.25 Å². The first-order valence-electron chi connectivity index (χ1n) is 10.8. The van der Waals surface area contributed by atoms with Crippen LogP contribution >= 0.6 is 12.4 Å². The molecule has 3 aromatic rings. The highest BCUT2D eigenvalue weighted by molar-refractivity contribution is 6.03. The second kappa shape index (κ2) is 9.28. The van der Waals surface area contributed by atoms with Gasteiger partial charge in [0.25, 0.3) is 0 Å². The fourth-order valence-electron chi connectivity index (χ4n) is 4.87. The molecule has 1 N–H and O–H groups in total. The topological polar surface area (TPSA) is 70.8 Å². The van der Waals surface area contributed by atoms with Gasteiger partial charge in [0.05, 0.1) is 11.2 Å². The molecule has 1 saturated carbocycles. The number of fused-ring (bicyclic) bond motifs is 1. The number of likely N-dealkylation sites (N-methyl/N-ethyl adjacent to an activating group) is 1. The van der Waals surface area contributed by atoms with Crippen LogP contribution in [-0.2, 0) is 4.84 Å². The van der Waals surface area contributed by atoms with Crippen molar-refractivity contribution in [3.8, 4) is 0 Å². The summed E-state index contributed by atoms with van der Waals surface area (Å²) < 4.78 is 5.16. The van der Waals surface area contributed by atoms with E-state index in [1.165, 1.54) is 31.2 Å². The van der Waals surface area contributed by atoms with E-state index in [1.807, 2.05) is 18.2 Å². The maximum Gasteiger partial charge on any atom is 0.417 e. The second-order valence-electron chi connectivity index (χ2n) is 8.55. The Hall–Kier alpha value is -2.57. The molecule has 7 heteroatoms. The number of hydrogen-bond acceptors (Lipinski definition) is 5. The maximum absolute atomic E-state index is 11.4. The number of benzene rings is 2. The lowest BCUT2D eigenvalue weighted by Gasteiger charge is -2.35. The Labute approximate surface area is 187 Å². The van der Waals surface area contributed by atoms with Crippen molar-refractivity contribution in [2.24, 2.45) is 5.16 Å². The van der Waals surface area contributed by atoms with E-state index in [4.69, 9.17) is 9.25 Å². The fraction of sp³-hybridized carbons (Fsp3) is 0.417. The molecule has 2 aromatic carbocycles. The zero-order valence-corrected chi connectivity index (χ0v) is 18.4. The molecule has 1 fully saturated rings. The summed E-state index contributed by atoms with van der Waals surface area (Å²) >= 11 is 0. The van der Waals surface area contributed by atoms with Crippen molar-refractivity contribution in [2.45, 2.75) is 50.2 Å². The number of oxazole rings is 1. The van der Waals surface area contributed by atoms with E-state index >= 15 is 0 Å². The van der Waals surface area contributed by atoms with Crippen LogP contribution in [0.2, 0.25) is 0 Å². The molecule has 1 aliphatic heterocycles. The van der Waals surface area contributed by atoms with Crippen LogP contribution in [0.5, 0.6) is 0 Å². The first-order chi connectivity index (χ1) is 14.7. The van der Waals surface area contributed by atoms with E-state index in [2.05, 4.69) is 52.4 Å². The predicted molar refractivity (Wildman–Crippen MR) is 124 cm³/mol. The smallest absolute Gasteiger partial charge is 0.408 e. The van der Waals surface area contributed by atoms with Gasteiger partial charge in [-0.2, -0.15) is 0 Å². The Bertz CT molecular complexity index is 1100. The minimum absolute atomic E-state index is 0. The van der Waals surface area contributed by atoms with Gasteiger partial charge in [0, 0.05) is 24.6 Å². The van der Waals surface area contributed by atoms with E-state index in [0.717, 1.165) is 24.2 Å². The minimum atomic E-state index is -0.437. The Morgan fingerprint density at radius 3 is 2.65 bits per heavy atom. The molecule has 0 saturated heterocycles. The molecule has 1 aromatic heterocycles. The molecular weight excluding hydrogens is 414 g/mol. The largest absolute Gasteiger partial charge is 0.417 e. The Morgan fingerprint density at radius 2 is 1.87 bits per heavy atom. The van der Waals surface area contributed by atoms with Crippen molar-refractivity contribution in [2.75, 3.05) is 13.6 Å². The highest BCUT2D eigenvalue weighted by Gasteiger charge is 2.29. The van der Waals surface area contributed by atoms with Crippen LogP contribution in [0.15, 0.2) is 62.9 Å². The molecule has 31 heavy (non-hydrogen) atoms. The number of hydrogen-bond donors (Lipinski definition) is 1. The number of oxime groups is 1. The minimum Gasteiger partial charge on any atom is -0.408 e. The lowest BCUT2D eigenvalue weighted by molar-refractivity contribution is 0.0418. The van der Waals surface area contributed by atoms with E-state index in [-0.39, 0.29) is 18.5 Å². The van der Waals surface area contributed by atoms with Gasteiger partial charge in [0.1, 0.15) is 6.10 Å². The Balaban J connectivity index is 0.00000231. The van der Waals surface area contributed by atoms with Gasteiger partial charge in [-0.05, 0) is 56.3 Å². The standard InChI is InChI=1S/C24H27N3O3.ClH/c1-27(19-10-7-17(8-11-19)16-5-3-2-4-6-16)15-20-14-22(26-30-20)18-9-12-21-23(13-18)29-24(28)25-21;/h2-6,9,12-13,17,19-20H,7-8,10-11,14-15H2,1H3,(H,25,28);1H. The van der Waals surface area contributed by atoms with Gasteiger partial charge in [0.15, 0.2) is 5.58 Å². The van der Waals surface area contributed by atoms with Gasteiger partial charge < -0.3 is 9.25 Å². The van der Waals surface area contributed by atoms with E-state index < -0.39 is 5.76 Å². The monoisotopic (exact) mass is 441 g/mol. The van der Waals surface area contributed by atoms with Crippen molar-refractivity contribution >= 4 is 29.2 Å². The SMILES string of the molecule is CN(CC1CC(c2ccc3[nH]c(=O)oc3c2)=NO1)C1CCC(c2ccccc2)CC1.Cl. The summed E-state index contributed by atoms with van der Waals surface area (Å²) in [4.78, 5) is 22.2. The van der Waals surface area contributed by atoms with Crippen LogP contribution in [0.25, 0.3) is 11.1 Å². The quantitative estimate of drug-likeness (QED) is 0.623. The van der Waals surface area contributed by atoms with Gasteiger partial charge in [-0.1, -0.05) is 41.6 Å². The van der Waals surface area contributed by atoms with Gasteiger partial charge in [0.2, 0.25) is 0 Å². The lowest BCUT2D eigenvalue weighted by atomic mass is 9.81. The van der Waals surface area contributed by atoms with Crippen LogP contribution in [-0.4, -0.2) is 41.3 Å². The van der Waals surface area contributed by atoms with Crippen molar-refractivity contribution in [3.05, 3.63) is 70.2 Å². The third-order valence-corrected chi connectivity index (χ3v) is 6.57. The molecular formula is C24H28ClN3O3. The summed E-state index contributed by atoms with van der Waals surface area (Å²) in [6.45, 7) is 0.870. The molecule has 1 atom stereocenters. The van der Waals surface area contributed by atoms with Gasteiger partial charge >= 0.3 is 5.76 Å². The van der Waals surface area contributed by atoms with Crippen LogP contribution in [0, 0.1) is 0 Å². The molecule has 1 aliphatic carbocycles. The molecule has 0 spiro atoms. The number of H-pyrrole nitrogens is 1. The summed E-state index contributed by atoms with van der Waals surface area (Å²) in [5.74, 6) is 0.255. The molecule has 6 nitrogen and oxygen atoms in total. The van der Waals surface area contributed by atoms with Crippen molar-refractivity contribution in [3.63, 3.8) is 0 Å². The van der Waals surface area contributed by atoms with E-state index in [9.17, 15) is 4.79 Å². The first-order valence-corrected chi connectivity index (χ1v) is 10.8. The van der Waals surface area contributed by atoms with E-state index in [0.29, 0.717) is 23.1 Å². The zero-order chi connectivity index (χ0) is 20.5. The van der Waals surface area contributed by atoms with Crippen LogP contribution < -0.4 is 5.76 Å². The van der Waals surface area contributed by atoms with Crippen molar-refractivity contribution in [1.82, 2.24) is 9.88 Å². The fourth-order valence-corrected chi connectivity index (χ4v) is 4.87. The van der Waals surface area contributed by atoms with E-state index in [1.54, 1.807) is 0 Å². The number of halogens is 1. The zero-order valence-electron chi connectivity index (χ0n) is 17.6. The van der Waals surface area contributed by atoms with Crippen LogP contribution in [0.4, 0.5) is 0 Å². The molecule has 5 rings (SSSR count). The van der Waals surface area contributed by atoms with Gasteiger partial charge in [-0.25, -0.2) is 4.79 Å². The summed E-state index contributed by atoms with van der Waals surface area (Å²) in [7, 11) is 2.20. The normalized spacial score (nSPS) is 23.4. The third-order valence-electron chi connectivity index (χ3n) is 6.57. The summed E-state index contributed by atoms with van der Waals surface area (Å²) in [6.07, 6.45) is 5.76. The molecule has 1 unspecified atom stereocenters. The van der Waals surface area contributed by atoms with Crippen molar-refractivity contribution in [1.29, 1.82) is 0 Å². The van der Waals surface area contributed by atoms with Crippen LogP contribution in [0.1, 0.15) is 49.1 Å². The number of aromatic amines is 1. The number of nitrogens with one attached hydrogen (secondary N) is 1. The average Bonchev–Trinajstić information content (AvgIpc) is 3.39. The summed E-state index contributed by atoms with van der Waals surface area (Å²) in [5.41, 5.74) is 4.58.